The number of aliphatic hydroxyl groups excluding tert-OH is 1. The minimum atomic E-state index is -0.488. The van der Waals surface area contributed by atoms with Crippen molar-refractivity contribution in [1.29, 1.82) is 0 Å². The first-order chi connectivity index (χ1) is 18.7. The van der Waals surface area contributed by atoms with E-state index >= 15 is 0 Å². The van der Waals surface area contributed by atoms with Gasteiger partial charge in [-0.05, 0) is 51.6 Å². The van der Waals surface area contributed by atoms with Crippen LogP contribution in [0, 0.1) is 19.8 Å². The van der Waals surface area contributed by atoms with E-state index in [1.807, 2.05) is 32.2 Å². The zero-order valence-corrected chi connectivity index (χ0v) is 23.1. The fourth-order valence-corrected chi connectivity index (χ4v) is 4.72. The topological polar surface area (TPSA) is 120 Å². The smallest absolute Gasteiger partial charge is 0.323 e. The van der Waals surface area contributed by atoms with Crippen LogP contribution in [0.2, 0.25) is 0 Å². The normalized spacial score (nSPS) is 18.1. The van der Waals surface area contributed by atoms with Crippen molar-refractivity contribution in [3.63, 3.8) is 0 Å². The second-order valence-electron chi connectivity index (χ2n) is 10.3. The Morgan fingerprint density at radius 1 is 1.21 bits per heavy atom. The van der Waals surface area contributed by atoms with Gasteiger partial charge in [-0.2, -0.15) is 0 Å². The average Bonchev–Trinajstić information content (AvgIpc) is 3.23. The number of hydrogen-bond donors (Lipinski definition) is 3. The van der Waals surface area contributed by atoms with Gasteiger partial charge in [-0.1, -0.05) is 42.4 Å². The number of ether oxygens (including phenoxy) is 1. The number of fused-ring (bicyclic) bond motifs is 1. The summed E-state index contributed by atoms with van der Waals surface area (Å²) in [5, 5.41) is 19.3. The molecule has 0 bridgehead atoms. The number of rotatable bonds is 8. The van der Waals surface area contributed by atoms with Gasteiger partial charge >= 0.3 is 6.03 Å². The van der Waals surface area contributed by atoms with E-state index in [1.54, 1.807) is 36.9 Å². The Labute approximate surface area is 228 Å². The molecule has 3 amide bonds. The van der Waals surface area contributed by atoms with Crippen molar-refractivity contribution in [3.05, 3.63) is 71.1 Å². The van der Waals surface area contributed by atoms with Crippen molar-refractivity contribution in [2.75, 3.05) is 37.4 Å². The van der Waals surface area contributed by atoms with Gasteiger partial charge in [0.1, 0.15) is 23.2 Å². The molecule has 3 N–H and O–H groups in total. The Hall–Kier alpha value is -3.89. The van der Waals surface area contributed by atoms with E-state index in [0.29, 0.717) is 47.2 Å². The lowest BCUT2D eigenvalue weighted by atomic mass is 9.99. The van der Waals surface area contributed by atoms with Gasteiger partial charge < -0.3 is 29.9 Å². The monoisotopic (exact) mass is 535 g/mol. The molecule has 2 aromatic carbocycles. The van der Waals surface area contributed by atoms with Gasteiger partial charge in [-0.3, -0.25) is 9.69 Å². The van der Waals surface area contributed by atoms with E-state index in [0.717, 1.165) is 6.54 Å². The summed E-state index contributed by atoms with van der Waals surface area (Å²) in [6.07, 6.45) is -0.208. The maximum absolute atomic E-state index is 13.7. The Balaban J connectivity index is 1.57. The minimum Gasteiger partial charge on any atom is -0.488 e. The SMILES string of the molecule is Cc1noc(C)c1NC(=O)Nc1ccc2c(c1)C(=O)N([C@H](C)CO)C[C@H](C)[C@@H](CN(C)Cc1ccccc1)O2. The van der Waals surface area contributed by atoms with Crippen LogP contribution in [0.5, 0.6) is 5.75 Å². The number of anilines is 2. The molecule has 3 aromatic rings. The molecule has 39 heavy (non-hydrogen) atoms. The van der Waals surface area contributed by atoms with E-state index in [2.05, 4.69) is 39.7 Å². The van der Waals surface area contributed by atoms with E-state index < -0.39 is 6.03 Å². The lowest BCUT2D eigenvalue weighted by Crippen LogP contribution is -2.49. The molecule has 1 aliphatic rings. The van der Waals surface area contributed by atoms with Crippen LogP contribution in [0.3, 0.4) is 0 Å². The van der Waals surface area contributed by atoms with Crippen molar-refractivity contribution in [3.8, 4) is 5.75 Å². The number of urea groups is 1. The standard InChI is InChI=1S/C29H37N5O5/c1-18-14-34(19(2)17-35)28(36)24-13-23(30-29(37)31-27-20(3)32-39-21(27)4)11-12-25(24)38-26(18)16-33(5)15-22-9-7-6-8-10-22/h6-13,18-19,26,35H,14-17H2,1-5H3,(H2,30,31,37)/t18-,19+,26+/m0/s1. The Morgan fingerprint density at radius 2 is 1.95 bits per heavy atom. The van der Waals surface area contributed by atoms with Crippen LogP contribution in [0.15, 0.2) is 53.1 Å². The zero-order chi connectivity index (χ0) is 28.1. The molecule has 0 saturated carbocycles. The highest BCUT2D eigenvalue weighted by Gasteiger charge is 2.33. The summed E-state index contributed by atoms with van der Waals surface area (Å²) in [7, 11) is 2.05. The quantitative estimate of drug-likeness (QED) is 0.394. The second kappa shape index (κ2) is 12.3. The molecule has 1 aliphatic heterocycles. The first-order valence-corrected chi connectivity index (χ1v) is 13.1. The molecule has 2 heterocycles. The molecule has 0 unspecified atom stereocenters. The van der Waals surface area contributed by atoms with Crippen LogP contribution in [-0.4, -0.2) is 70.9 Å². The second-order valence-corrected chi connectivity index (χ2v) is 10.3. The van der Waals surface area contributed by atoms with E-state index in [1.165, 1.54) is 5.56 Å². The summed E-state index contributed by atoms with van der Waals surface area (Å²) in [5.41, 5.74) is 3.02. The Kier molecular flexibility index (Phi) is 8.88. The number of aromatic nitrogens is 1. The molecule has 10 nitrogen and oxygen atoms in total. The average molecular weight is 536 g/mol. The van der Waals surface area contributed by atoms with Crippen molar-refractivity contribution in [2.24, 2.45) is 5.92 Å². The number of benzene rings is 2. The summed E-state index contributed by atoms with van der Waals surface area (Å²) < 4.78 is 11.6. The number of aryl methyl sites for hydroxylation is 2. The van der Waals surface area contributed by atoms with Gasteiger partial charge in [0.05, 0.1) is 18.2 Å². The van der Waals surface area contributed by atoms with Crippen LogP contribution in [-0.2, 0) is 6.54 Å². The highest BCUT2D eigenvalue weighted by atomic mass is 16.5. The van der Waals surface area contributed by atoms with Crippen LogP contribution >= 0.6 is 0 Å². The number of nitrogens with zero attached hydrogens (tertiary/aromatic N) is 3. The number of likely N-dealkylation sites (N-methyl/N-ethyl adjacent to an activating group) is 1. The molecule has 0 fully saturated rings. The molecule has 0 radical (unpaired) electrons. The molecule has 0 aliphatic carbocycles. The molecule has 1 aromatic heterocycles. The van der Waals surface area contributed by atoms with E-state index in [-0.39, 0.29) is 30.6 Å². The van der Waals surface area contributed by atoms with Gasteiger partial charge in [-0.25, -0.2) is 4.79 Å². The highest BCUT2D eigenvalue weighted by Crippen LogP contribution is 2.31. The van der Waals surface area contributed by atoms with Crippen LogP contribution in [0.1, 0.15) is 41.2 Å². The molecule has 10 heteroatoms. The summed E-state index contributed by atoms with van der Waals surface area (Å²) in [4.78, 5) is 30.2. The van der Waals surface area contributed by atoms with Gasteiger partial charge in [0.2, 0.25) is 0 Å². The molecule has 4 rings (SSSR count). The number of carbonyl (C=O) groups is 2. The third-order valence-corrected chi connectivity index (χ3v) is 6.98. The number of aliphatic hydroxyl groups is 1. The van der Waals surface area contributed by atoms with Crippen molar-refractivity contribution in [2.45, 2.75) is 46.4 Å². The zero-order valence-electron chi connectivity index (χ0n) is 23.1. The van der Waals surface area contributed by atoms with Gasteiger partial charge in [0.25, 0.3) is 5.91 Å². The van der Waals surface area contributed by atoms with Crippen LogP contribution in [0.4, 0.5) is 16.2 Å². The van der Waals surface area contributed by atoms with Gasteiger partial charge in [0, 0.05) is 31.2 Å². The van der Waals surface area contributed by atoms with Gasteiger partial charge in [-0.15, -0.1) is 0 Å². The molecule has 0 saturated heterocycles. The summed E-state index contributed by atoms with van der Waals surface area (Å²) in [5.74, 6) is 0.684. The predicted molar refractivity (Wildman–Crippen MR) is 149 cm³/mol. The lowest BCUT2D eigenvalue weighted by Gasteiger charge is -2.38. The van der Waals surface area contributed by atoms with Crippen molar-refractivity contribution < 1.29 is 24.0 Å². The summed E-state index contributed by atoms with van der Waals surface area (Å²) in [6.45, 7) is 9.00. The number of carbonyl (C=O) groups excluding carboxylic acids is 2. The summed E-state index contributed by atoms with van der Waals surface area (Å²) in [6, 6.07) is 14.4. The van der Waals surface area contributed by atoms with Crippen LogP contribution < -0.4 is 15.4 Å². The largest absolute Gasteiger partial charge is 0.488 e. The fraction of sp³-hybridized carbons (Fsp3) is 0.414. The van der Waals surface area contributed by atoms with Gasteiger partial charge in [0.15, 0.2) is 5.76 Å². The van der Waals surface area contributed by atoms with Crippen molar-refractivity contribution >= 4 is 23.3 Å². The molecule has 0 spiro atoms. The molecule has 3 atom stereocenters. The Bertz CT molecular complexity index is 1270. The number of nitrogens with one attached hydrogen (secondary N) is 2. The maximum Gasteiger partial charge on any atom is 0.323 e. The summed E-state index contributed by atoms with van der Waals surface area (Å²) >= 11 is 0. The Morgan fingerprint density at radius 3 is 2.62 bits per heavy atom. The number of hydrogen-bond acceptors (Lipinski definition) is 7. The first kappa shape index (κ1) is 28.1. The third-order valence-electron chi connectivity index (χ3n) is 6.98. The third kappa shape index (κ3) is 6.76. The molecular formula is C29H37N5O5. The highest BCUT2D eigenvalue weighted by molar-refractivity contribution is 6.03. The number of amides is 3. The van der Waals surface area contributed by atoms with E-state index in [9.17, 15) is 14.7 Å². The van der Waals surface area contributed by atoms with Crippen LogP contribution in [0.25, 0.3) is 0 Å². The minimum absolute atomic E-state index is 0.00736. The first-order valence-electron chi connectivity index (χ1n) is 13.1. The predicted octanol–water partition coefficient (Wildman–Crippen LogP) is 4.29. The molecule has 208 valence electrons. The molecular weight excluding hydrogens is 498 g/mol. The fourth-order valence-electron chi connectivity index (χ4n) is 4.72. The van der Waals surface area contributed by atoms with E-state index in [4.69, 9.17) is 9.26 Å². The van der Waals surface area contributed by atoms with Crippen molar-refractivity contribution in [1.82, 2.24) is 15.0 Å². The lowest BCUT2D eigenvalue weighted by molar-refractivity contribution is 0.0341. The maximum atomic E-state index is 13.7.